The van der Waals surface area contributed by atoms with E-state index in [1.807, 2.05) is 6.07 Å². The zero-order valence-electron chi connectivity index (χ0n) is 13.7. The first kappa shape index (κ1) is 16.8. The van der Waals surface area contributed by atoms with Gasteiger partial charge in [-0.05, 0) is 38.0 Å². The van der Waals surface area contributed by atoms with Crippen LogP contribution in [0, 0.1) is 11.3 Å². The summed E-state index contributed by atoms with van der Waals surface area (Å²) in [5, 5.41) is 8.90. The molecule has 1 fully saturated rings. The van der Waals surface area contributed by atoms with Crippen LogP contribution in [-0.2, 0) is 9.59 Å². The minimum atomic E-state index is -0.709. The van der Waals surface area contributed by atoms with E-state index in [0.717, 1.165) is 6.42 Å². The smallest absolute Gasteiger partial charge is 0.264 e. The minimum Gasteiger partial charge on any atom is -0.481 e. The number of rotatable bonds is 4. The standard InChI is InChI=1S/C17H21N3O3/c1-12(23-14-7-4-6-13(10-14)11-18)16(21)20-9-5-8-15(20)17(22)19(2)3/h4,6-7,10,12,15H,5,8-9H2,1-3H3. The maximum Gasteiger partial charge on any atom is 0.264 e. The van der Waals surface area contributed by atoms with E-state index in [0.29, 0.717) is 24.3 Å². The molecule has 2 unspecified atom stereocenters. The lowest BCUT2D eigenvalue weighted by Crippen LogP contribution is -2.49. The molecule has 122 valence electrons. The van der Waals surface area contributed by atoms with Gasteiger partial charge in [0.15, 0.2) is 6.10 Å². The highest BCUT2D eigenvalue weighted by molar-refractivity contribution is 5.89. The number of ether oxygens (including phenoxy) is 1. The zero-order chi connectivity index (χ0) is 17.0. The van der Waals surface area contributed by atoms with Crippen LogP contribution >= 0.6 is 0 Å². The Hall–Kier alpha value is -2.55. The monoisotopic (exact) mass is 315 g/mol. The Balaban J connectivity index is 2.06. The summed E-state index contributed by atoms with van der Waals surface area (Å²) in [6.07, 6.45) is 0.783. The molecular formula is C17H21N3O3. The summed E-state index contributed by atoms with van der Waals surface area (Å²) in [6.45, 7) is 2.23. The number of amides is 2. The Morgan fingerprint density at radius 1 is 1.43 bits per heavy atom. The van der Waals surface area contributed by atoms with Crippen molar-refractivity contribution in [2.45, 2.75) is 31.9 Å². The van der Waals surface area contributed by atoms with Gasteiger partial charge in [0.25, 0.3) is 5.91 Å². The number of nitriles is 1. The van der Waals surface area contributed by atoms with Crippen LogP contribution in [-0.4, -0.2) is 54.4 Å². The first-order chi connectivity index (χ1) is 10.9. The van der Waals surface area contributed by atoms with Crippen molar-refractivity contribution < 1.29 is 14.3 Å². The van der Waals surface area contributed by atoms with Crippen molar-refractivity contribution >= 4 is 11.8 Å². The molecule has 1 saturated heterocycles. The predicted molar refractivity (Wildman–Crippen MR) is 84.7 cm³/mol. The Bertz CT molecular complexity index is 636. The fraction of sp³-hybridized carbons (Fsp3) is 0.471. The van der Waals surface area contributed by atoms with E-state index in [2.05, 4.69) is 0 Å². The molecule has 23 heavy (non-hydrogen) atoms. The minimum absolute atomic E-state index is 0.0606. The van der Waals surface area contributed by atoms with Crippen LogP contribution in [0.1, 0.15) is 25.3 Å². The summed E-state index contributed by atoms with van der Waals surface area (Å²) in [6, 6.07) is 8.30. The SMILES string of the molecule is CC(Oc1cccc(C#N)c1)C(=O)N1CCCC1C(=O)N(C)C. The zero-order valence-corrected chi connectivity index (χ0v) is 13.7. The van der Waals surface area contributed by atoms with E-state index in [4.69, 9.17) is 10.00 Å². The lowest BCUT2D eigenvalue weighted by molar-refractivity contribution is -0.146. The number of hydrogen-bond acceptors (Lipinski definition) is 4. The van der Waals surface area contributed by atoms with Crippen molar-refractivity contribution in [2.24, 2.45) is 0 Å². The number of carbonyl (C=O) groups excluding carboxylic acids is 2. The van der Waals surface area contributed by atoms with Crippen LogP contribution in [0.25, 0.3) is 0 Å². The second-order valence-electron chi connectivity index (χ2n) is 5.82. The fourth-order valence-corrected chi connectivity index (χ4v) is 2.71. The Morgan fingerprint density at radius 2 is 2.17 bits per heavy atom. The number of carbonyl (C=O) groups is 2. The van der Waals surface area contributed by atoms with Crippen molar-refractivity contribution in [2.75, 3.05) is 20.6 Å². The molecule has 1 aliphatic rings. The van der Waals surface area contributed by atoms with Gasteiger partial charge < -0.3 is 14.5 Å². The summed E-state index contributed by atoms with van der Waals surface area (Å²) in [5.74, 6) is 0.208. The van der Waals surface area contributed by atoms with Gasteiger partial charge in [0, 0.05) is 20.6 Å². The van der Waals surface area contributed by atoms with Crippen molar-refractivity contribution in [1.82, 2.24) is 9.80 Å². The summed E-state index contributed by atoms with van der Waals surface area (Å²) in [5.41, 5.74) is 0.476. The maximum atomic E-state index is 12.6. The van der Waals surface area contributed by atoms with Crippen LogP contribution in [0.15, 0.2) is 24.3 Å². The lowest BCUT2D eigenvalue weighted by Gasteiger charge is -2.28. The van der Waals surface area contributed by atoms with Crippen LogP contribution in [0.2, 0.25) is 0 Å². The van der Waals surface area contributed by atoms with Gasteiger partial charge in [-0.1, -0.05) is 6.07 Å². The molecule has 1 aromatic rings. The molecule has 2 atom stereocenters. The number of nitrogens with zero attached hydrogens (tertiary/aromatic N) is 3. The van der Waals surface area contributed by atoms with Crippen LogP contribution < -0.4 is 4.74 Å². The molecule has 2 amide bonds. The molecule has 6 heteroatoms. The molecule has 0 aliphatic carbocycles. The van der Waals surface area contributed by atoms with Gasteiger partial charge >= 0.3 is 0 Å². The predicted octanol–water partition coefficient (Wildman–Crippen LogP) is 1.40. The maximum absolute atomic E-state index is 12.6. The summed E-state index contributed by atoms with van der Waals surface area (Å²) >= 11 is 0. The summed E-state index contributed by atoms with van der Waals surface area (Å²) in [4.78, 5) is 27.9. The third-order valence-corrected chi connectivity index (χ3v) is 3.89. The van der Waals surface area contributed by atoms with E-state index in [-0.39, 0.29) is 11.8 Å². The molecule has 6 nitrogen and oxygen atoms in total. The molecule has 0 bridgehead atoms. The molecule has 0 radical (unpaired) electrons. The van der Waals surface area contributed by atoms with Crippen molar-refractivity contribution in [3.63, 3.8) is 0 Å². The normalized spacial score (nSPS) is 18.2. The van der Waals surface area contributed by atoms with Gasteiger partial charge in [-0.15, -0.1) is 0 Å². The van der Waals surface area contributed by atoms with Crippen molar-refractivity contribution in [1.29, 1.82) is 5.26 Å². The Kier molecular flexibility index (Phi) is 5.22. The third kappa shape index (κ3) is 3.81. The van der Waals surface area contributed by atoms with E-state index >= 15 is 0 Å². The number of benzene rings is 1. The molecule has 0 aromatic heterocycles. The van der Waals surface area contributed by atoms with Crippen molar-refractivity contribution in [3.8, 4) is 11.8 Å². The lowest BCUT2D eigenvalue weighted by atomic mass is 10.2. The van der Waals surface area contributed by atoms with E-state index < -0.39 is 12.1 Å². The highest BCUT2D eigenvalue weighted by Gasteiger charge is 2.37. The summed E-state index contributed by atoms with van der Waals surface area (Å²) < 4.78 is 5.65. The second kappa shape index (κ2) is 7.14. The number of likely N-dealkylation sites (tertiary alicyclic amines) is 1. The topological polar surface area (TPSA) is 73.6 Å². The van der Waals surface area contributed by atoms with Crippen LogP contribution in [0.5, 0.6) is 5.75 Å². The molecule has 1 aliphatic heterocycles. The highest BCUT2D eigenvalue weighted by atomic mass is 16.5. The molecule has 0 spiro atoms. The molecule has 1 aromatic carbocycles. The molecule has 0 N–H and O–H groups in total. The first-order valence-electron chi connectivity index (χ1n) is 7.62. The average Bonchev–Trinajstić information content (AvgIpc) is 3.02. The Morgan fingerprint density at radius 3 is 2.83 bits per heavy atom. The molecular weight excluding hydrogens is 294 g/mol. The van der Waals surface area contributed by atoms with E-state index in [9.17, 15) is 9.59 Å². The Labute approximate surface area is 136 Å². The average molecular weight is 315 g/mol. The molecule has 0 saturated carbocycles. The first-order valence-corrected chi connectivity index (χ1v) is 7.62. The molecule has 2 rings (SSSR count). The van der Waals surface area contributed by atoms with Gasteiger partial charge in [-0.3, -0.25) is 9.59 Å². The van der Waals surface area contributed by atoms with Gasteiger partial charge in [0.2, 0.25) is 5.91 Å². The number of likely N-dealkylation sites (N-methyl/N-ethyl adjacent to an activating group) is 1. The van der Waals surface area contributed by atoms with Gasteiger partial charge in [0.1, 0.15) is 11.8 Å². The number of hydrogen-bond donors (Lipinski definition) is 0. The van der Waals surface area contributed by atoms with Crippen LogP contribution in [0.3, 0.4) is 0 Å². The van der Waals surface area contributed by atoms with Gasteiger partial charge in [-0.25, -0.2) is 0 Å². The van der Waals surface area contributed by atoms with E-state index in [1.54, 1.807) is 50.2 Å². The fourth-order valence-electron chi connectivity index (χ4n) is 2.71. The third-order valence-electron chi connectivity index (χ3n) is 3.89. The molecule has 1 heterocycles. The van der Waals surface area contributed by atoms with E-state index in [1.165, 1.54) is 4.90 Å². The highest BCUT2D eigenvalue weighted by Crippen LogP contribution is 2.22. The largest absolute Gasteiger partial charge is 0.481 e. The van der Waals surface area contributed by atoms with Crippen molar-refractivity contribution in [3.05, 3.63) is 29.8 Å². The van der Waals surface area contributed by atoms with Gasteiger partial charge in [-0.2, -0.15) is 5.26 Å². The second-order valence-corrected chi connectivity index (χ2v) is 5.82. The quantitative estimate of drug-likeness (QED) is 0.842. The van der Waals surface area contributed by atoms with Crippen LogP contribution in [0.4, 0.5) is 0 Å². The van der Waals surface area contributed by atoms with Gasteiger partial charge in [0.05, 0.1) is 11.6 Å². The summed E-state index contributed by atoms with van der Waals surface area (Å²) in [7, 11) is 3.38.